The van der Waals surface area contributed by atoms with Crippen LogP contribution in [-0.2, 0) is 27.2 Å². The van der Waals surface area contributed by atoms with Crippen LogP contribution in [0.25, 0.3) is 0 Å². The normalized spacial score (nSPS) is 12.6. The minimum atomic E-state index is -1.11. The lowest BCUT2D eigenvalue weighted by atomic mass is 9.95. The van der Waals surface area contributed by atoms with E-state index in [0.29, 0.717) is 12.0 Å². The maximum absolute atomic E-state index is 12.5. The Morgan fingerprint density at radius 1 is 0.828 bits per heavy atom. The van der Waals surface area contributed by atoms with E-state index in [0.717, 1.165) is 5.56 Å². The van der Waals surface area contributed by atoms with E-state index >= 15 is 0 Å². The first kappa shape index (κ1) is 21.9. The smallest absolute Gasteiger partial charge is 0.307 e. The fourth-order valence-electron chi connectivity index (χ4n) is 3.02. The number of hydrogen-bond donors (Lipinski definition) is 5. The van der Waals surface area contributed by atoms with Crippen LogP contribution in [0.5, 0.6) is 5.75 Å². The molecule has 0 spiro atoms. The third kappa shape index (κ3) is 7.63. The number of phenolic OH excluding ortho intramolecular Hbond substituents is 1. The zero-order valence-corrected chi connectivity index (χ0v) is 15.7. The summed E-state index contributed by atoms with van der Waals surface area (Å²) in [6.45, 7) is 0. The van der Waals surface area contributed by atoms with Crippen molar-refractivity contribution in [1.82, 2.24) is 10.8 Å². The number of hydroxylamine groups is 1. The quantitative estimate of drug-likeness (QED) is 0.304. The molecule has 8 nitrogen and oxygen atoms in total. The van der Waals surface area contributed by atoms with Gasteiger partial charge in [0.05, 0.1) is 5.92 Å². The number of carbonyl (C=O) groups excluding carboxylic acids is 2. The van der Waals surface area contributed by atoms with Gasteiger partial charge in [-0.05, 0) is 36.1 Å². The molecule has 0 aromatic heterocycles. The highest BCUT2D eigenvalue weighted by molar-refractivity contribution is 5.83. The fraction of sp³-hybridized carbons (Fsp3) is 0.286. The summed E-state index contributed by atoms with van der Waals surface area (Å²) in [5.41, 5.74) is 3.12. The maximum Gasteiger partial charge on any atom is 0.307 e. The lowest BCUT2D eigenvalue weighted by Crippen LogP contribution is -2.41. The van der Waals surface area contributed by atoms with Crippen molar-refractivity contribution in [3.8, 4) is 5.75 Å². The Hall–Kier alpha value is -3.39. The molecule has 2 unspecified atom stereocenters. The molecule has 0 aliphatic heterocycles. The van der Waals surface area contributed by atoms with Gasteiger partial charge in [0.2, 0.25) is 11.8 Å². The van der Waals surface area contributed by atoms with E-state index in [9.17, 15) is 24.6 Å². The van der Waals surface area contributed by atoms with E-state index in [1.807, 2.05) is 30.3 Å². The molecule has 2 atom stereocenters. The van der Waals surface area contributed by atoms with Crippen LogP contribution in [0.4, 0.5) is 0 Å². The highest BCUT2D eigenvalue weighted by Gasteiger charge is 2.24. The average molecular weight is 400 g/mol. The molecule has 0 saturated heterocycles. The zero-order chi connectivity index (χ0) is 21.2. The Morgan fingerprint density at radius 2 is 1.45 bits per heavy atom. The Morgan fingerprint density at radius 3 is 2.03 bits per heavy atom. The third-order valence-electron chi connectivity index (χ3n) is 4.45. The molecule has 0 aliphatic rings. The first-order valence-electron chi connectivity index (χ1n) is 9.14. The average Bonchev–Trinajstić information content (AvgIpc) is 2.69. The van der Waals surface area contributed by atoms with Gasteiger partial charge in [-0.25, -0.2) is 5.48 Å². The van der Waals surface area contributed by atoms with Crippen LogP contribution in [0.15, 0.2) is 54.6 Å². The molecule has 2 amide bonds. The van der Waals surface area contributed by atoms with Gasteiger partial charge in [0.1, 0.15) is 5.75 Å². The number of rotatable bonds is 10. The lowest BCUT2D eigenvalue weighted by Gasteiger charge is -2.20. The monoisotopic (exact) mass is 400 g/mol. The van der Waals surface area contributed by atoms with E-state index in [4.69, 9.17) is 5.21 Å². The van der Waals surface area contributed by atoms with Crippen molar-refractivity contribution in [2.24, 2.45) is 5.92 Å². The summed E-state index contributed by atoms with van der Waals surface area (Å²) in [6, 6.07) is 14.7. The van der Waals surface area contributed by atoms with E-state index < -0.39 is 29.7 Å². The van der Waals surface area contributed by atoms with Gasteiger partial charge in [0.15, 0.2) is 0 Å². The number of carboxylic acids is 1. The van der Waals surface area contributed by atoms with E-state index in [1.54, 1.807) is 17.6 Å². The predicted molar refractivity (Wildman–Crippen MR) is 104 cm³/mol. The maximum atomic E-state index is 12.5. The molecule has 29 heavy (non-hydrogen) atoms. The molecule has 2 aromatic rings. The number of carbonyl (C=O) groups is 3. The number of carboxylic acid groups (broad SMARTS) is 1. The van der Waals surface area contributed by atoms with Crippen LogP contribution in [0, 0.1) is 5.92 Å². The van der Waals surface area contributed by atoms with E-state index in [2.05, 4.69) is 5.32 Å². The van der Waals surface area contributed by atoms with Gasteiger partial charge in [-0.2, -0.15) is 0 Å². The van der Waals surface area contributed by atoms with Crippen molar-refractivity contribution in [1.29, 1.82) is 0 Å². The van der Waals surface area contributed by atoms with Gasteiger partial charge < -0.3 is 15.5 Å². The summed E-state index contributed by atoms with van der Waals surface area (Å²) in [5.74, 6) is -3.14. The molecule has 2 rings (SSSR count). The van der Waals surface area contributed by atoms with Gasteiger partial charge in [0, 0.05) is 18.9 Å². The summed E-state index contributed by atoms with van der Waals surface area (Å²) in [6.07, 6.45) is 0.0777. The number of benzene rings is 2. The zero-order valence-electron chi connectivity index (χ0n) is 15.7. The SMILES string of the molecule is O=C(CC(Cc1ccccc1)NC(=O)CC(Cc1ccc(O)cc1)C(=O)O)NO. The largest absolute Gasteiger partial charge is 0.508 e. The molecule has 154 valence electrons. The molecule has 0 saturated carbocycles. The van der Waals surface area contributed by atoms with Crippen molar-refractivity contribution in [2.75, 3.05) is 0 Å². The van der Waals surface area contributed by atoms with Gasteiger partial charge in [0.25, 0.3) is 0 Å². The molecule has 0 heterocycles. The Bertz CT molecular complexity index is 823. The van der Waals surface area contributed by atoms with E-state index in [1.165, 1.54) is 12.1 Å². The first-order chi connectivity index (χ1) is 13.9. The van der Waals surface area contributed by atoms with Crippen molar-refractivity contribution in [3.63, 3.8) is 0 Å². The standard InChI is InChI=1S/C21H24N2O6/c24-18-8-6-15(7-9-18)10-16(21(27)28)12-19(25)22-17(13-20(26)23-29)11-14-4-2-1-3-5-14/h1-9,16-17,24,29H,10-13H2,(H,22,25)(H,23,26)(H,27,28). The summed E-state index contributed by atoms with van der Waals surface area (Å²) in [5, 5.41) is 30.3. The summed E-state index contributed by atoms with van der Waals surface area (Å²) < 4.78 is 0. The number of aliphatic carboxylic acids is 1. The van der Waals surface area contributed by atoms with Gasteiger partial charge in [-0.3, -0.25) is 19.6 Å². The molecular formula is C21H24N2O6. The number of nitrogens with one attached hydrogen (secondary N) is 2. The van der Waals surface area contributed by atoms with Crippen LogP contribution in [0.1, 0.15) is 24.0 Å². The topological polar surface area (TPSA) is 136 Å². The Balaban J connectivity index is 2.02. The highest BCUT2D eigenvalue weighted by Crippen LogP contribution is 2.17. The molecule has 0 aliphatic carbocycles. The fourth-order valence-corrected chi connectivity index (χ4v) is 3.02. The van der Waals surface area contributed by atoms with Gasteiger partial charge in [-0.15, -0.1) is 0 Å². The Kier molecular flexibility index (Phi) is 8.17. The van der Waals surface area contributed by atoms with Gasteiger partial charge >= 0.3 is 5.97 Å². The molecule has 2 aromatic carbocycles. The Labute approximate surface area is 168 Å². The second kappa shape index (κ2) is 10.8. The molecule has 0 radical (unpaired) electrons. The van der Waals surface area contributed by atoms with Crippen molar-refractivity contribution in [2.45, 2.75) is 31.7 Å². The summed E-state index contributed by atoms with van der Waals surface area (Å²) >= 11 is 0. The number of hydrogen-bond acceptors (Lipinski definition) is 5. The second-order valence-corrected chi connectivity index (χ2v) is 6.80. The number of aromatic hydroxyl groups is 1. The van der Waals surface area contributed by atoms with Crippen LogP contribution < -0.4 is 10.8 Å². The molecule has 8 heteroatoms. The third-order valence-corrected chi connectivity index (χ3v) is 4.45. The molecule has 5 N–H and O–H groups in total. The van der Waals surface area contributed by atoms with Crippen LogP contribution >= 0.6 is 0 Å². The highest BCUT2D eigenvalue weighted by atomic mass is 16.5. The molecule has 0 bridgehead atoms. The lowest BCUT2D eigenvalue weighted by molar-refractivity contribution is -0.144. The predicted octanol–water partition coefficient (Wildman–Crippen LogP) is 1.65. The van der Waals surface area contributed by atoms with Gasteiger partial charge in [-0.1, -0.05) is 42.5 Å². The summed E-state index contributed by atoms with van der Waals surface area (Å²) in [7, 11) is 0. The number of phenols is 1. The minimum absolute atomic E-state index is 0.0734. The minimum Gasteiger partial charge on any atom is -0.508 e. The summed E-state index contributed by atoms with van der Waals surface area (Å²) in [4.78, 5) is 35.6. The van der Waals surface area contributed by atoms with Crippen molar-refractivity contribution in [3.05, 3.63) is 65.7 Å². The van der Waals surface area contributed by atoms with Crippen molar-refractivity contribution < 1.29 is 29.8 Å². The van der Waals surface area contributed by atoms with Crippen molar-refractivity contribution >= 4 is 17.8 Å². The second-order valence-electron chi connectivity index (χ2n) is 6.80. The number of amides is 2. The van der Waals surface area contributed by atoms with Crippen LogP contribution in [-0.4, -0.2) is 39.2 Å². The van der Waals surface area contributed by atoms with E-state index in [-0.39, 0.29) is 25.0 Å². The van der Waals surface area contributed by atoms with Crippen LogP contribution in [0.2, 0.25) is 0 Å². The molecule has 0 fully saturated rings. The molecular weight excluding hydrogens is 376 g/mol. The van der Waals surface area contributed by atoms with Crippen LogP contribution in [0.3, 0.4) is 0 Å². The first-order valence-corrected chi connectivity index (χ1v) is 9.14.